The maximum Gasteiger partial charge on any atom is 0.220 e. The van der Waals surface area contributed by atoms with E-state index in [4.69, 9.17) is 5.73 Å². The number of hydrogen-bond acceptors (Lipinski definition) is 2. The zero-order chi connectivity index (χ0) is 9.84. The lowest BCUT2D eigenvalue weighted by Gasteiger charge is -2.33. The molecule has 0 spiro atoms. The molecule has 3 nitrogen and oxygen atoms in total. The van der Waals surface area contributed by atoms with Crippen molar-refractivity contribution in [2.75, 3.05) is 0 Å². The van der Waals surface area contributed by atoms with Crippen LogP contribution in [0.2, 0.25) is 0 Å². The summed E-state index contributed by atoms with van der Waals surface area (Å²) in [7, 11) is 0. The van der Waals surface area contributed by atoms with Crippen LogP contribution in [0.4, 0.5) is 0 Å². The molecule has 0 radical (unpaired) electrons. The van der Waals surface area contributed by atoms with E-state index in [9.17, 15) is 4.79 Å². The van der Waals surface area contributed by atoms with Gasteiger partial charge in [0.15, 0.2) is 0 Å². The average Bonchev–Trinajstić information content (AvgIpc) is 2.01. The van der Waals surface area contributed by atoms with Crippen LogP contribution in [0.15, 0.2) is 0 Å². The maximum absolute atomic E-state index is 11.4. The lowest BCUT2D eigenvalue weighted by atomic mass is 9.87. The summed E-state index contributed by atoms with van der Waals surface area (Å²) in [6, 6.07) is 0.667. The first-order valence-corrected chi connectivity index (χ1v) is 5.16. The number of nitrogens with one attached hydrogen (secondary N) is 1. The minimum atomic E-state index is 0.186. The third kappa shape index (κ3) is 3.35. The Morgan fingerprint density at radius 2 is 2.23 bits per heavy atom. The second-order valence-corrected chi connectivity index (χ2v) is 4.21. The first kappa shape index (κ1) is 10.5. The van der Waals surface area contributed by atoms with E-state index in [0.717, 1.165) is 19.3 Å². The highest BCUT2D eigenvalue weighted by Crippen LogP contribution is 2.17. The molecule has 0 heterocycles. The second-order valence-electron chi connectivity index (χ2n) is 4.21. The van der Waals surface area contributed by atoms with Gasteiger partial charge in [-0.25, -0.2) is 0 Å². The van der Waals surface area contributed by atoms with Crippen LogP contribution in [0.25, 0.3) is 0 Å². The molecule has 0 aliphatic heterocycles. The molecule has 0 saturated heterocycles. The molecule has 0 aromatic rings. The number of rotatable bonds is 4. The van der Waals surface area contributed by atoms with E-state index in [-0.39, 0.29) is 5.91 Å². The fraction of sp³-hybridized carbons (Fsp3) is 0.900. The zero-order valence-corrected chi connectivity index (χ0v) is 8.55. The van der Waals surface area contributed by atoms with E-state index in [1.54, 1.807) is 0 Å². The summed E-state index contributed by atoms with van der Waals surface area (Å²) in [5, 5.41) is 2.99. The summed E-state index contributed by atoms with van der Waals surface area (Å²) in [5.41, 5.74) is 5.62. The van der Waals surface area contributed by atoms with Gasteiger partial charge in [-0.1, -0.05) is 20.3 Å². The van der Waals surface area contributed by atoms with Crippen LogP contribution < -0.4 is 11.1 Å². The normalized spacial score (nSPS) is 29.2. The summed E-state index contributed by atoms with van der Waals surface area (Å²) in [4.78, 5) is 11.4. The van der Waals surface area contributed by atoms with E-state index in [2.05, 4.69) is 19.2 Å². The van der Waals surface area contributed by atoms with Gasteiger partial charge in [0, 0.05) is 18.5 Å². The van der Waals surface area contributed by atoms with Crippen molar-refractivity contribution in [2.45, 2.75) is 51.6 Å². The Morgan fingerprint density at radius 3 is 2.69 bits per heavy atom. The van der Waals surface area contributed by atoms with E-state index in [1.807, 2.05) is 0 Å². The quantitative estimate of drug-likeness (QED) is 0.685. The third-order valence-corrected chi connectivity index (χ3v) is 2.77. The molecular formula is C10H20N2O. The molecular weight excluding hydrogens is 164 g/mol. The molecule has 0 bridgehead atoms. The van der Waals surface area contributed by atoms with Crippen molar-refractivity contribution in [1.82, 2.24) is 5.32 Å². The molecule has 1 atom stereocenters. The van der Waals surface area contributed by atoms with Crippen molar-refractivity contribution < 1.29 is 4.79 Å². The van der Waals surface area contributed by atoms with Gasteiger partial charge >= 0.3 is 0 Å². The number of carbonyl (C=O) groups excluding carboxylic acids is 1. The highest BCUT2D eigenvalue weighted by Gasteiger charge is 2.27. The largest absolute Gasteiger partial charge is 0.353 e. The van der Waals surface area contributed by atoms with Crippen LogP contribution in [0.5, 0.6) is 0 Å². The number of nitrogens with two attached hydrogens (primary N) is 1. The second kappa shape index (κ2) is 4.61. The monoisotopic (exact) mass is 184 g/mol. The molecule has 0 aromatic carbocycles. The van der Waals surface area contributed by atoms with Gasteiger partial charge in [-0.15, -0.1) is 0 Å². The van der Waals surface area contributed by atoms with Gasteiger partial charge in [0.1, 0.15) is 0 Å². The Morgan fingerprint density at radius 1 is 1.62 bits per heavy atom. The molecule has 0 aromatic heterocycles. The van der Waals surface area contributed by atoms with Gasteiger partial charge in [0.25, 0.3) is 0 Å². The minimum absolute atomic E-state index is 0.186. The van der Waals surface area contributed by atoms with Crippen molar-refractivity contribution in [3.63, 3.8) is 0 Å². The Kier molecular flexibility index (Phi) is 3.72. The number of carbonyl (C=O) groups is 1. The van der Waals surface area contributed by atoms with Crippen molar-refractivity contribution in [3.8, 4) is 0 Å². The Hall–Kier alpha value is -0.570. The Balaban J connectivity index is 2.11. The summed E-state index contributed by atoms with van der Waals surface area (Å²) >= 11 is 0. The average molecular weight is 184 g/mol. The van der Waals surface area contributed by atoms with Gasteiger partial charge in [-0.3, -0.25) is 4.79 Å². The van der Waals surface area contributed by atoms with E-state index >= 15 is 0 Å². The van der Waals surface area contributed by atoms with Crippen LogP contribution in [-0.2, 0) is 4.79 Å². The van der Waals surface area contributed by atoms with Gasteiger partial charge in [-0.2, -0.15) is 0 Å². The molecule has 1 rings (SSSR count). The molecule has 13 heavy (non-hydrogen) atoms. The fourth-order valence-corrected chi connectivity index (χ4v) is 1.53. The molecule has 1 aliphatic rings. The standard InChI is InChI=1S/C10H20N2O/c1-3-7(2)4-10(13)12-9-5-8(11)6-9/h7-9H,3-6,11H2,1-2H3,(H,12,13). The molecule has 76 valence electrons. The summed E-state index contributed by atoms with van der Waals surface area (Å²) in [6.07, 6.45) is 3.62. The lowest BCUT2D eigenvalue weighted by molar-refractivity contribution is -0.123. The molecule has 1 unspecified atom stereocenters. The fourth-order valence-electron chi connectivity index (χ4n) is 1.53. The first-order valence-electron chi connectivity index (χ1n) is 5.16. The number of amides is 1. The van der Waals surface area contributed by atoms with Crippen molar-refractivity contribution in [2.24, 2.45) is 11.7 Å². The van der Waals surface area contributed by atoms with Crippen molar-refractivity contribution in [3.05, 3.63) is 0 Å². The topological polar surface area (TPSA) is 55.1 Å². The lowest BCUT2D eigenvalue weighted by Crippen LogP contribution is -2.50. The summed E-state index contributed by atoms with van der Waals surface area (Å²) in [5.74, 6) is 0.681. The van der Waals surface area contributed by atoms with E-state index in [1.165, 1.54) is 0 Å². The Labute approximate surface area is 80.1 Å². The van der Waals surface area contributed by atoms with Gasteiger partial charge in [0.05, 0.1) is 0 Å². The maximum atomic E-state index is 11.4. The van der Waals surface area contributed by atoms with Gasteiger partial charge in [0.2, 0.25) is 5.91 Å². The van der Waals surface area contributed by atoms with E-state index < -0.39 is 0 Å². The minimum Gasteiger partial charge on any atom is -0.353 e. The predicted octanol–water partition coefficient (Wildman–Crippen LogP) is 1.03. The Bertz CT molecular complexity index is 176. The molecule has 3 N–H and O–H groups in total. The van der Waals surface area contributed by atoms with Crippen LogP contribution in [-0.4, -0.2) is 18.0 Å². The van der Waals surface area contributed by atoms with Crippen LogP contribution in [0.1, 0.15) is 39.5 Å². The van der Waals surface area contributed by atoms with E-state index in [0.29, 0.717) is 24.4 Å². The van der Waals surface area contributed by atoms with Crippen molar-refractivity contribution in [1.29, 1.82) is 0 Å². The zero-order valence-electron chi connectivity index (χ0n) is 8.55. The van der Waals surface area contributed by atoms with Crippen LogP contribution in [0.3, 0.4) is 0 Å². The molecule has 1 amide bonds. The smallest absolute Gasteiger partial charge is 0.220 e. The molecule has 1 saturated carbocycles. The SMILES string of the molecule is CCC(C)CC(=O)NC1CC(N)C1. The van der Waals surface area contributed by atoms with Crippen LogP contribution in [0, 0.1) is 5.92 Å². The molecule has 1 fully saturated rings. The predicted molar refractivity (Wildman–Crippen MR) is 53.2 cm³/mol. The highest BCUT2D eigenvalue weighted by atomic mass is 16.1. The summed E-state index contributed by atoms with van der Waals surface area (Å²) in [6.45, 7) is 4.21. The number of hydrogen-bond donors (Lipinski definition) is 2. The third-order valence-electron chi connectivity index (χ3n) is 2.77. The summed E-state index contributed by atoms with van der Waals surface area (Å²) < 4.78 is 0. The molecule has 3 heteroatoms. The highest BCUT2D eigenvalue weighted by molar-refractivity contribution is 5.76. The molecule has 1 aliphatic carbocycles. The van der Waals surface area contributed by atoms with Gasteiger partial charge in [-0.05, 0) is 18.8 Å². The van der Waals surface area contributed by atoms with Gasteiger partial charge < -0.3 is 11.1 Å². The first-order chi connectivity index (χ1) is 6.11. The van der Waals surface area contributed by atoms with Crippen LogP contribution >= 0.6 is 0 Å². The van der Waals surface area contributed by atoms with Crippen molar-refractivity contribution >= 4 is 5.91 Å².